The number of carbonyl (C=O) groups is 2. The van der Waals surface area contributed by atoms with Gasteiger partial charge in [0, 0.05) is 23.6 Å². The number of anilines is 1. The zero-order valence-electron chi connectivity index (χ0n) is 18.5. The first-order chi connectivity index (χ1) is 15.5. The lowest BCUT2D eigenvalue weighted by Gasteiger charge is -2.43. The normalized spacial score (nSPS) is 36.4. The third-order valence-electron chi connectivity index (χ3n) is 8.60. The van der Waals surface area contributed by atoms with Gasteiger partial charge in [-0.05, 0) is 86.6 Å². The van der Waals surface area contributed by atoms with Gasteiger partial charge in [-0.25, -0.2) is 9.59 Å². The van der Waals surface area contributed by atoms with E-state index in [9.17, 15) is 14.7 Å². The summed E-state index contributed by atoms with van der Waals surface area (Å²) in [5.41, 5.74) is 1.81. The Bertz CT molecular complexity index is 913. The average Bonchev–Trinajstić information content (AvgIpc) is 3.48. The molecule has 6 rings (SSSR count). The van der Waals surface area contributed by atoms with E-state index in [4.69, 9.17) is 5.11 Å². The van der Waals surface area contributed by atoms with E-state index >= 15 is 0 Å². The van der Waals surface area contributed by atoms with Gasteiger partial charge >= 0.3 is 11.9 Å². The third-order valence-corrected chi connectivity index (χ3v) is 8.60. The number of hydrogen-bond acceptors (Lipinski definition) is 4. The lowest BCUT2D eigenvalue weighted by molar-refractivity contribution is -0.139. The summed E-state index contributed by atoms with van der Waals surface area (Å²) in [6.07, 6.45) is 15.2. The summed E-state index contributed by atoms with van der Waals surface area (Å²) < 4.78 is 0. The Morgan fingerprint density at radius 2 is 1.75 bits per heavy atom. The van der Waals surface area contributed by atoms with Crippen LogP contribution in [0.5, 0.6) is 0 Å². The molecule has 2 aliphatic heterocycles. The Kier molecular flexibility index (Phi) is 5.97. The molecule has 0 spiro atoms. The summed E-state index contributed by atoms with van der Waals surface area (Å²) in [5.74, 6) is 1.32. The highest BCUT2D eigenvalue weighted by atomic mass is 16.4. The lowest BCUT2D eigenvalue weighted by atomic mass is 9.69. The topological polar surface area (TPSA) is 98.7 Å². The van der Waals surface area contributed by atoms with E-state index in [-0.39, 0.29) is 17.4 Å². The molecule has 7 atom stereocenters. The van der Waals surface area contributed by atoms with Crippen molar-refractivity contribution in [2.45, 2.75) is 69.4 Å². The Labute approximate surface area is 189 Å². The minimum atomic E-state index is -0.971. The molecule has 4 N–H and O–H groups in total. The van der Waals surface area contributed by atoms with Crippen LogP contribution >= 0.6 is 0 Å². The van der Waals surface area contributed by atoms with E-state index in [1.54, 1.807) is 18.6 Å². The van der Waals surface area contributed by atoms with E-state index in [1.807, 2.05) is 12.2 Å². The lowest BCUT2D eigenvalue weighted by Crippen LogP contribution is -2.49. The fraction of sp³-hybridized carbons (Fsp3) is 0.615. The quantitative estimate of drug-likeness (QED) is 0.508. The van der Waals surface area contributed by atoms with Crippen LogP contribution in [0.25, 0.3) is 0 Å². The maximum Gasteiger partial charge on any atom is 0.335 e. The van der Waals surface area contributed by atoms with Gasteiger partial charge < -0.3 is 20.8 Å². The van der Waals surface area contributed by atoms with E-state index in [1.165, 1.54) is 51.1 Å². The number of carboxylic acids is 2. The molecular weight excluding hydrogens is 404 g/mol. The van der Waals surface area contributed by atoms with Crippen molar-refractivity contribution in [3.63, 3.8) is 0 Å². The largest absolute Gasteiger partial charge is 0.480 e. The molecule has 2 saturated carbocycles. The fourth-order valence-corrected chi connectivity index (χ4v) is 7.10. The van der Waals surface area contributed by atoms with E-state index in [2.05, 4.69) is 10.6 Å². The van der Waals surface area contributed by atoms with Crippen molar-refractivity contribution in [3.8, 4) is 0 Å². The van der Waals surface area contributed by atoms with Gasteiger partial charge in [0.05, 0.1) is 5.56 Å². The Morgan fingerprint density at radius 3 is 2.56 bits per heavy atom. The van der Waals surface area contributed by atoms with Gasteiger partial charge in [0.25, 0.3) is 0 Å². The second kappa shape index (κ2) is 8.89. The van der Waals surface area contributed by atoms with Gasteiger partial charge in [-0.3, -0.25) is 0 Å². The van der Waals surface area contributed by atoms with Gasteiger partial charge in [0.15, 0.2) is 0 Å². The maximum absolute atomic E-state index is 11.3. The van der Waals surface area contributed by atoms with Crippen LogP contribution in [-0.4, -0.2) is 40.8 Å². The predicted octanol–water partition coefficient (Wildman–Crippen LogP) is 4.49. The van der Waals surface area contributed by atoms with Crippen LogP contribution in [0.4, 0.5) is 5.69 Å². The van der Waals surface area contributed by atoms with Crippen LogP contribution < -0.4 is 10.6 Å². The molecule has 1 aromatic carbocycles. The highest BCUT2D eigenvalue weighted by molar-refractivity contribution is 5.89. The smallest absolute Gasteiger partial charge is 0.335 e. The number of piperidine rings is 1. The first-order valence-electron chi connectivity index (χ1n) is 12.3. The van der Waals surface area contributed by atoms with Crippen LogP contribution in [0.15, 0.2) is 30.4 Å². The molecule has 32 heavy (non-hydrogen) atoms. The highest BCUT2D eigenvalue weighted by Crippen LogP contribution is 2.47. The van der Waals surface area contributed by atoms with E-state index < -0.39 is 18.0 Å². The summed E-state index contributed by atoms with van der Waals surface area (Å²) in [7, 11) is 0. The molecule has 172 valence electrons. The van der Waals surface area contributed by atoms with Crippen molar-refractivity contribution in [2.24, 2.45) is 23.7 Å². The van der Waals surface area contributed by atoms with Gasteiger partial charge in [-0.1, -0.05) is 25.0 Å². The molecule has 0 bridgehead atoms. The van der Waals surface area contributed by atoms with Crippen molar-refractivity contribution in [1.82, 2.24) is 5.32 Å². The molecule has 1 saturated heterocycles. The monoisotopic (exact) mass is 438 g/mol. The molecule has 2 heterocycles. The van der Waals surface area contributed by atoms with Crippen molar-refractivity contribution in [1.29, 1.82) is 0 Å². The molecule has 7 unspecified atom stereocenters. The van der Waals surface area contributed by atoms with Gasteiger partial charge in [-0.15, -0.1) is 0 Å². The number of fused-ring (bicyclic) bond motifs is 6. The SMILES string of the molecule is C1CNC2C(C1)CCC1CCCC12.O=C(O)c1ccc2c(c1)C1C=CCC1C(C(=O)O)N2. The van der Waals surface area contributed by atoms with E-state index in [0.29, 0.717) is 12.1 Å². The van der Waals surface area contributed by atoms with Crippen LogP contribution in [0.2, 0.25) is 0 Å². The van der Waals surface area contributed by atoms with Crippen molar-refractivity contribution in [3.05, 3.63) is 41.5 Å². The molecular formula is C26H34N2O4. The number of carboxylic acid groups (broad SMARTS) is 2. The van der Waals surface area contributed by atoms with Crippen LogP contribution in [0.1, 0.15) is 73.2 Å². The number of rotatable bonds is 2. The summed E-state index contributed by atoms with van der Waals surface area (Å²) in [6.45, 7) is 1.30. The summed E-state index contributed by atoms with van der Waals surface area (Å²) >= 11 is 0. The predicted molar refractivity (Wildman–Crippen MR) is 123 cm³/mol. The average molecular weight is 439 g/mol. The van der Waals surface area contributed by atoms with E-state index in [0.717, 1.165) is 29.4 Å². The summed E-state index contributed by atoms with van der Waals surface area (Å²) in [6, 6.07) is 5.08. The summed E-state index contributed by atoms with van der Waals surface area (Å²) in [4.78, 5) is 22.3. The maximum atomic E-state index is 11.3. The molecule has 5 aliphatic rings. The second-order valence-electron chi connectivity index (χ2n) is 10.2. The van der Waals surface area contributed by atoms with Crippen molar-refractivity contribution < 1.29 is 19.8 Å². The number of nitrogens with one attached hydrogen (secondary N) is 2. The van der Waals surface area contributed by atoms with Crippen LogP contribution in [-0.2, 0) is 4.79 Å². The van der Waals surface area contributed by atoms with Gasteiger partial charge in [0.1, 0.15) is 6.04 Å². The first kappa shape index (κ1) is 21.5. The highest BCUT2D eigenvalue weighted by Gasteiger charge is 2.42. The zero-order valence-corrected chi connectivity index (χ0v) is 18.5. The minimum absolute atomic E-state index is 0.0170. The second-order valence-corrected chi connectivity index (χ2v) is 10.2. The van der Waals surface area contributed by atoms with Crippen molar-refractivity contribution in [2.75, 3.05) is 11.9 Å². The molecule has 1 aromatic rings. The summed E-state index contributed by atoms with van der Waals surface area (Å²) in [5, 5.41) is 25.1. The zero-order chi connectivity index (χ0) is 22.2. The Balaban J connectivity index is 0.000000144. The first-order valence-corrected chi connectivity index (χ1v) is 12.3. The van der Waals surface area contributed by atoms with Crippen LogP contribution in [0, 0.1) is 23.7 Å². The Morgan fingerprint density at radius 1 is 0.938 bits per heavy atom. The third kappa shape index (κ3) is 3.94. The Hall–Kier alpha value is -2.34. The van der Waals surface area contributed by atoms with Crippen molar-refractivity contribution >= 4 is 17.6 Å². The molecule has 0 aromatic heterocycles. The molecule has 6 heteroatoms. The number of aliphatic carboxylic acids is 1. The van der Waals surface area contributed by atoms with Crippen LogP contribution in [0.3, 0.4) is 0 Å². The van der Waals surface area contributed by atoms with Gasteiger partial charge in [0.2, 0.25) is 0 Å². The van der Waals surface area contributed by atoms with Gasteiger partial charge in [-0.2, -0.15) is 0 Å². The number of aromatic carboxylic acids is 1. The standard InChI is InChI=1S/C14H13NO4.C12H21N/c16-13(17)7-4-5-11-10(6-7)8-2-1-3-9(8)12(15-11)14(18)19;1-3-9-6-7-10-4-2-8-13-12(10)11(9)5-1/h1-2,4-6,8-9,12,15H,3H2,(H,16,17)(H,18,19);9-13H,1-8H2. The molecule has 3 aliphatic carbocycles. The molecule has 3 fully saturated rings. The number of benzene rings is 1. The number of hydrogen-bond donors (Lipinski definition) is 4. The molecule has 0 amide bonds. The fourth-order valence-electron chi connectivity index (χ4n) is 7.10. The molecule has 0 radical (unpaired) electrons. The minimum Gasteiger partial charge on any atom is -0.480 e. The number of allylic oxidation sites excluding steroid dienone is 2. The molecule has 6 nitrogen and oxygen atoms in total.